The van der Waals surface area contributed by atoms with Crippen molar-refractivity contribution in [3.05, 3.63) is 35.4 Å². The predicted molar refractivity (Wildman–Crippen MR) is 81.0 cm³/mol. The van der Waals surface area contributed by atoms with Crippen molar-refractivity contribution in [2.24, 2.45) is 5.92 Å². The molecule has 0 radical (unpaired) electrons. The third-order valence-electron chi connectivity index (χ3n) is 3.44. The Morgan fingerprint density at radius 3 is 2.11 bits per heavy atom. The van der Waals surface area contributed by atoms with E-state index in [2.05, 4.69) is 4.84 Å². The van der Waals surface area contributed by atoms with Crippen molar-refractivity contribution >= 4 is 21.6 Å². The van der Waals surface area contributed by atoms with Crippen LogP contribution in [0.3, 0.4) is 0 Å². The van der Waals surface area contributed by atoms with E-state index in [9.17, 15) is 8.42 Å². The third kappa shape index (κ3) is 4.48. The molecule has 0 aliphatic heterocycles. The molecular formula is C14H22ClNO2S. The van der Waals surface area contributed by atoms with Crippen LogP contribution in [0.2, 0.25) is 0 Å². The van der Waals surface area contributed by atoms with Crippen LogP contribution in [0.5, 0.6) is 0 Å². The van der Waals surface area contributed by atoms with Gasteiger partial charge in [0, 0.05) is 6.04 Å². The van der Waals surface area contributed by atoms with Crippen molar-refractivity contribution in [1.82, 2.24) is 4.84 Å². The number of aryl methyl sites for hydroxylation is 1. The van der Waals surface area contributed by atoms with Gasteiger partial charge in [0.1, 0.15) is 0 Å². The molecule has 108 valence electrons. The fourth-order valence-electron chi connectivity index (χ4n) is 1.79. The van der Waals surface area contributed by atoms with Gasteiger partial charge in [0.15, 0.2) is 9.84 Å². The lowest BCUT2D eigenvalue weighted by molar-refractivity contribution is 0.487. The van der Waals surface area contributed by atoms with Gasteiger partial charge in [0.25, 0.3) is 0 Å². The minimum Gasteiger partial charge on any atom is -0.229 e. The summed E-state index contributed by atoms with van der Waals surface area (Å²) >= 11 is 5.63. The number of hydrogen-bond acceptors (Lipinski definition) is 3. The molecule has 3 nitrogen and oxygen atoms in total. The number of halogens is 1. The van der Waals surface area contributed by atoms with Crippen molar-refractivity contribution in [3.8, 4) is 0 Å². The van der Waals surface area contributed by atoms with Gasteiger partial charge in [-0.15, -0.1) is 0 Å². The summed E-state index contributed by atoms with van der Waals surface area (Å²) in [6.07, 6.45) is 0. The topological polar surface area (TPSA) is 46.2 Å². The first-order chi connectivity index (χ1) is 8.77. The average molecular weight is 304 g/mol. The summed E-state index contributed by atoms with van der Waals surface area (Å²) in [4.78, 5) is 2.57. The molecule has 0 aromatic heterocycles. The fraction of sp³-hybridized carbons (Fsp3) is 0.571. The van der Waals surface area contributed by atoms with Crippen molar-refractivity contribution in [3.63, 3.8) is 0 Å². The monoisotopic (exact) mass is 303 g/mol. The third-order valence-corrected chi connectivity index (χ3v) is 5.90. The molecule has 1 rings (SSSR count). The van der Waals surface area contributed by atoms with Crippen LogP contribution in [0.15, 0.2) is 24.3 Å². The van der Waals surface area contributed by atoms with Crippen molar-refractivity contribution in [2.75, 3.05) is 5.75 Å². The summed E-state index contributed by atoms with van der Waals surface area (Å²) in [6.45, 7) is 7.61. The number of benzene rings is 1. The van der Waals surface area contributed by atoms with Crippen LogP contribution in [0, 0.1) is 12.8 Å². The first-order valence-corrected chi connectivity index (χ1v) is 8.51. The zero-order chi connectivity index (χ0) is 14.6. The molecular weight excluding hydrogens is 282 g/mol. The highest BCUT2D eigenvalue weighted by Crippen LogP contribution is 2.24. The second-order valence-corrected chi connectivity index (χ2v) is 7.93. The molecule has 19 heavy (non-hydrogen) atoms. The lowest BCUT2D eigenvalue weighted by Gasteiger charge is -2.21. The molecule has 1 aromatic carbocycles. The molecule has 1 aromatic rings. The summed E-state index contributed by atoms with van der Waals surface area (Å²) in [7, 11) is -3.23. The molecule has 0 bridgehead atoms. The maximum atomic E-state index is 12.4. The Hall–Kier alpha value is -0.580. The van der Waals surface area contributed by atoms with Gasteiger partial charge < -0.3 is 0 Å². The van der Waals surface area contributed by atoms with Crippen molar-refractivity contribution in [2.45, 2.75) is 39.0 Å². The fourth-order valence-corrected chi connectivity index (χ4v) is 4.04. The van der Waals surface area contributed by atoms with Gasteiger partial charge in [0.2, 0.25) is 0 Å². The molecule has 0 saturated heterocycles. The minimum atomic E-state index is -3.23. The van der Waals surface area contributed by atoms with E-state index in [4.69, 9.17) is 11.8 Å². The normalized spacial score (nSPS) is 15.5. The van der Waals surface area contributed by atoms with E-state index in [0.717, 1.165) is 11.1 Å². The minimum absolute atomic E-state index is 0.0449. The molecule has 2 atom stereocenters. The highest BCUT2D eigenvalue weighted by molar-refractivity contribution is 7.91. The number of nitrogens with one attached hydrogen (secondary N) is 1. The van der Waals surface area contributed by atoms with Crippen molar-refractivity contribution < 1.29 is 8.42 Å². The van der Waals surface area contributed by atoms with E-state index >= 15 is 0 Å². The Morgan fingerprint density at radius 2 is 1.68 bits per heavy atom. The van der Waals surface area contributed by atoms with E-state index < -0.39 is 15.1 Å². The van der Waals surface area contributed by atoms with E-state index in [1.807, 2.05) is 45.0 Å². The lowest BCUT2D eigenvalue weighted by atomic mass is 10.1. The molecule has 0 aliphatic rings. The molecule has 0 spiro atoms. The summed E-state index contributed by atoms with van der Waals surface area (Å²) < 4.78 is 24.8. The van der Waals surface area contributed by atoms with Gasteiger partial charge in [-0.05, 0) is 37.1 Å². The Balaban J connectivity index is 2.90. The van der Waals surface area contributed by atoms with Crippen molar-refractivity contribution in [1.29, 1.82) is 0 Å². The quantitative estimate of drug-likeness (QED) is 0.821. The molecule has 0 heterocycles. The smallest absolute Gasteiger partial charge is 0.158 e. The van der Waals surface area contributed by atoms with E-state index in [0.29, 0.717) is 0 Å². The van der Waals surface area contributed by atoms with Crippen LogP contribution in [-0.2, 0) is 9.84 Å². The van der Waals surface area contributed by atoms with Crippen LogP contribution in [0.4, 0.5) is 0 Å². The van der Waals surface area contributed by atoms with E-state index in [1.165, 1.54) is 0 Å². The van der Waals surface area contributed by atoms with Gasteiger partial charge in [0.05, 0.1) is 11.0 Å². The molecule has 0 saturated carbocycles. The standard InChI is InChI=1S/C14H22ClNO2S/c1-10(2)14(16-15)9-19(17,18)12(4)13-7-5-11(3)6-8-13/h5-8,10,12,14,16H,9H2,1-4H3/t12-,14+/m0/s1. The van der Waals surface area contributed by atoms with E-state index in [1.54, 1.807) is 6.92 Å². The highest BCUT2D eigenvalue weighted by Gasteiger charge is 2.27. The largest absolute Gasteiger partial charge is 0.229 e. The Bertz CT molecular complexity index is 497. The average Bonchev–Trinajstić information content (AvgIpc) is 2.35. The zero-order valence-corrected chi connectivity index (χ0v) is 13.4. The Kier molecular flexibility index (Phi) is 5.83. The molecule has 0 unspecified atom stereocenters. The number of rotatable bonds is 6. The highest BCUT2D eigenvalue weighted by atomic mass is 35.5. The zero-order valence-electron chi connectivity index (χ0n) is 11.9. The van der Waals surface area contributed by atoms with Crippen LogP contribution in [0.1, 0.15) is 37.1 Å². The first-order valence-electron chi connectivity index (χ1n) is 6.42. The summed E-state index contributed by atoms with van der Waals surface area (Å²) in [5.74, 6) is 0.209. The second kappa shape index (κ2) is 6.73. The van der Waals surface area contributed by atoms with Gasteiger partial charge in [-0.3, -0.25) is 0 Å². The van der Waals surface area contributed by atoms with Crippen LogP contribution >= 0.6 is 11.8 Å². The predicted octanol–water partition coefficient (Wildman–Crippen LogP) is 3.24. The maximum absolute atomic E-state index is 12.4. The second-order valence-electron chi connectivity index (χ2n) is 5.34. The Morgan fingerprint density at radius 1 is 1.16 bits per heavy atom. The summed E-state index contributed by atoms with van der Waals surface area (Å²) in [6, 6.07) is 7.37. The number of sulfone groups is 1. The molecule has 1 N–H and O–H groups in total. The van der Waals surface area contributed by atoms with E-state index in [-0.39, 0.29) is 17.7 Å². The van der Waals surface area contributed by atoms with Crippen LogP contribution < -0.4 is 4.84 Å². The number of hydrogen-bond donors (Lipinski definition) is 1. The van der Waals surface area contributed by atoms with Crippen LogP contribution in [0.25, 0.3) is 0 Å². The summed E-state index contributed by atoms with van der Waals surface area (Å²) in [5.41, 5.74) is 1.94. The van der Waals surface area contributed by atoms with Gasteiger partial charge in [-0.1, -0.05) is 43.7 Å². The molecule has 0 fully saturated rings. The molecule has 5 heteroatoms. The first kappa shape index (κ1) is 16.5. The van der Waals surface area contributed by atoms with Crippen LogP contribution in [-0.4, -0.2) is 20.2 Å². The molecule has 0 amide bonds. The molecule has 0 aliphatic carbocycles. The maximum Gasteiger partial charge on any atom is 0.158 e. The van der Waals surface area contributed by atoms with Gasteiger partial charge >= 0.3 is 0 Å². The van der Waals surface area contributed by atoms with Gasteiger partial charge in [-0.25, -0.2) is 13.3 Å². The SMILES string of the molecule is Cc1ccc([C@H](C)S(=O)(=O)C[C@@H](NCl)C(C)C)cc1. The summed E-state index contributed by atoms with van der Waals surface area (Å²) in [5, 5.41) is -0.514. The lowest BCUT2D eigenvalue weighted by Crippen LogP contribution is -2.36. The van der Waals surface area contributed by atoms with Gasteiger partial charge in [-0.2, -0.15) is 0 Å². The Labute approximate surface area is 121 Å².